The molecule has 138 valence electrons. The number of halogens is 3. The molecule has 1 amide bonds. The van der Waals surface area contributed by atoms with E-state index in [1.165, 1.54) is 26.2 Å². The summed E-state index contributed by atoms with van der Waals surface area (Å²) in [6.07, 6.45) is 0. The van der Waals surface area contributed by atoms with Crippen molar-refractivity contribution in [2.75, 3.05) is 7.05 Å². The zero-order chi connectivity index (χ0) is 19.6. The Morgan fingerprint density at radius 1 is 1.31 bits per heavy atom. The second-order valence-electron chi connectivity index (χ2n) is 5.11. The van der Waals surface area contributed by atoms with Crippen molar-refractivity contribution in [3.8, 4) is 11.1 Å². The minimum Gasteiger partial charge on any atom is -0.320 e. The molecule has 0 atom stereocenters. The lowest BCUT2D eigenvalue weighted by molar-refractivity contribution is 0.0965. The van der Waals surface area contributed by atoms with Gasteiger partial charge in [0.1, 0.15) is 0 Å². The van der Waals surface area contributed by atoms with Gasteiger partial charge < -0.3 is 5.84 Å². The molecule has 0 saturated heterocycles. The van der Waals surface area contributed by atoms with Gasteiger partial charge in [0.25, 0.3) is 11.5 Å². The summed E-state index contributed by atoms with van der Waals surface area (Å²) in [5.74, 6) is 9.77. The van der Waals surface area contributed by atoms with Crippen LogP contribution in [0.1, 0.15) is 10.5 Å². The number of guanidine groups is 1. The molecule has 0 spiro atoms. The number of benzene rings is 1. The van der Waals surface area contributed by atoms with E-state index in [0.29, 0.717) is 10.6 Å². The molecule has 0 radical (unpaired) electrons. The fourth-order valence-electron chi connectivity index (χ4n) is 2.03. The van der Waals surface area contributed by atoms with Crippen LogP contribution in [-0.2, 0) is 7.05 Å². The van der Waals surface area contributed by atoms with Crippen LogP contribution in [-0.4, -0.2) is 33.7 Å². The Morgan fingerprint density at radius 2 is 1.96 bits per heavy atom. The quantitative estimate of drug-likeness (QED) is 0.290. The van der Waals surface area contributed by atoms with Crippen LogP contribution in [0.2, 0.25) is 15.1 Å². The van der Waals surface area contributed by atoms with Gasteiger partial charge in [-0.1, -0.05) is 40.9 Å². The number of hydrazone groups is 1. The molecule has 5 N–H and O–H groups in total. The summed E-state index contributed by atoms with van der Waals surface area (Å²) in [5, 5.41) is 10.9. The van der Waals surface area contributed by atoms with Gasteiger partial charge in [0.15, 0.2) is 5.69 Å². The van der Waals surface area contributed by atoms with E-state index in [4.69, 9.17) is 46.5 Å². The summed E-state index contributed by atoms with van der Waals surface area (Å²) in [7, 11) is 2.80. The number of rotatable bonds is 2. The maximum Gasteiger partial charge on any atom is 0.280 e. The minimum atomic E-state index is -0.756. The lowest BCUT2D eigenvalue weighted by Crippen LogP contribution is -2.46. The van der Waals surface area contributed by atoms with Crippen molar-refractivity contribution in [3.63, 3.8) is 0 Å². The van der Waals surface area contributed by atoms with Gasteiger partial charge in [-0.2, -0.15) is 5.10 Å². The Balaban J connectivity index is 2.61. The largest absolute Gasteiger partial charge is 0.320 e. The number of aryl methyl sites for hydroxylation is 1. The number of hydrogen-bond acceptors (Lipinski definition) is 6. The molecule has 0 bridgehead atoms. The number of hydrazine groups is 1. The first-order chi connectivity index (χ1) is 12.2. The van der Waals surface area contributed by atoms with Crippen LogP contribution in [0.4, 0.5) is 0 Å². The van der Waals surface area contributed by atoms with Crippen molar-refractivity contribution in [3.05, 3.63) is 49.3 Å². The standard InChI is InChI=1S/C14H14Cl3N7O2/c1-23(19)14(21-18)20-12(25)11-10(17)9(13(26)24(2)22-11)6-3-4-7(15)8(16)5-6/h3-5H,18-19H2,1-2H3,(H,20,21,25). The van der Waals surface area contributed by atoms with Crippen molar-refractivity contribution in [2.45, 2.75) is 0 Å². The summed E-state index contributed by atoms with van der Waals surface area (Å²) in [4.78, 5) is 25.0. The second kappa shape index (κ2) is 7.92. The molecule has 0 fully saturated rings. The van der Waals surface area contributed by atoms with E-state index in [1.54, 1.807) is 6.07 Å². The first kappa shape index (κ1) is 20.0. The van der Waals surface area contributed by atoms with Crippen LogP contribution in [0.25, 0.3) is 11.1 Å². The highest BCUT2D eigenvalue weighted by Crippen LogP contribution is 2.31. The normalized spacial score (nSPS) is 11.4. The van der Waals surface area contributed by atoms with Crippen molar-refractivity contribution < 1.29 is 4.79 Å². The van der Waals surface area contributed by atoms with E-state index >= 15 is 0 Å². The first-order valence-corrected chi connectivity index (χ1v) is 8.10. The van der Waals surface area contributed by atoms with Crippen molar-refractivity contribution in [1.29, 1.82) is 0 Å². The van der Waals surface area contributed by atoms with E-state index in [9.17, 15) is 9.59 Å². The predicted molar refractivity (Wildman–Crippen MR) is 101 cm³/mol. The van der Waals surface area contributed by atoms with Crippen molar-refractivity contribution in [2.24, 2.45) is 23.8 Å². The van der Waals surface area contributed by atoms with Gasteiger partial charge in [-0.05, 0) is 17.7 Å². The average molecular weight is 419 g/mol. The number of carbonyl (C=O) groups excluding carboxylic acids is 1. The summed E-state index contributed by atoms with van der Waals surface area (Å²) in [5.41, 5.74) is -0.322. The van der Waals surface area contributed by atoms with Crippen LogP contribution in [0.3, 0.4) is 0 Å². The van der Waals surface area contributed by atoms with E-state index in [2.05, 4.69) is 15.5 Å². The van der Waals surface area contributed by atoms with Gasteiger partial charge in [-0.25, -0.2) is 10.5 Å². The molecule has 12 heteroatoms. The Morgan fingerprint density at radius 3 is 2.50 bits per heavy atom. The third-order valence-corrected chi connectivity index (χ3v) is 4.40. The smallest absolute Gasteiger partial charge is 0.280 e. The third-order valence-electron chi connectivity index (χ3n) is 3.29. The Hall–Kier alpha value is -2.33. The molecule has 1 heterocycles. The summed E-state index contributed by atoms with van der Waals surface area (Å²) >= 11 is 18.2. The molecular formula is C14H14Cl3N7O2. The monoisotopic (exact) mass is 417 g/mol. The lowest BCUT2D eigenvalue weighted by Gasteiger charge is -2.16. The molecule has 2 rings (SSSR count). The fourth-order valence-corrected chi connectivity index (χ4v) is 2.64. The van der Waals surface area contributed by atoms with E-state index in [1.807, 2.05) is 0 Å². The zero-order valence-corrected chi connectivity index (χ0v) is 15.9. The Bertz CT molecular complexity index is 956. The molecule has 9 nitrogen and oxygen atoms in total. The average Bonchev–Trinajstić information content (AvgIpc) is 2.58. The van der Waals surface area contributed by atoms with Gasteiger partial charge in [-0.15, -0.1) is 5.10 Å². The van der Waals surface area contributed by atoms with Crippen molar-refractivity contribution in [1.82, 2.24) is 20.1 Å². The predicted octanol–water partition coefficient (Wildman–Crippen LogP) is 1.17. The van der Waals surface area contributed by atoms with Crippen LogP contribution in [0, 0.1) is 0 Å². The number of nitrogens with one attached hydrogen (secondary N) is 1. The summed E-state index contributed by atoms with van der Waals surface area (Å²) < 4.78 is 0.976. The van der Waals surface area contributed by atoms with Crippen LogP contribution >= 0.6 is 34.8 Å². The summed E-state index contributed by atoms with van der Waals surface area (Å²) in [6, 6.07) is 4.53. The highest BCUT2D eigenvalue weighted by Gasteiger charge is 2.23. The van der Waals surface area contributed by atoms with Gasteiger partial charge in [-0.3, -0.25) is 19.9 Å². The maximum absolute atomic E-state index is 12.5. The highest BCUT2D eigenvalue weighted by atomic mass is 35.5. The third kappa shape index (κ3) is 3.91. The van der Waals surface area contributed by atoms with E-state index < -0.39 is 11.5 Å². The number of amides is 1. The first-order valence-electron chi connectivity index (χ1n) is 6.97. The van der Waals surface area contributed by atoms with Gasteiger partial charge in [0, 0.05) is 14.1 Å². The number of nitrogens with two attached hydrogens (primary N) is 2. The Labute approximate surface area is 163 Å². The van der Waals surface area contributed by atoms with Crippen LogP contribution < -0.4 is 22.6 Å². The SMILES string of the molecule is CN(N)/C(=N\N)NC(=O)c1nn(C)c(=O)c(-c2ccc(Cl)c(Cl)c2)c1Cl. The Kier molecular flexibility index (Phi) is 6.09. The van der Waals surface area contributed by atoms with E-state index in [-0.39, 0.29) is 27.3 Å². The summed E-state index contributed by atoms with van der Waals surface area (Å²) in [6.45, 7) is 0. The molecule has 1 aromatic heterocycles. The maximum atomic E-state index is 12.5. The van der Waals surface area contributed by atoms with Gasteiger partial charge in [0.05, 0.1) is 20.6 Å². The molecule has 26 heavy (non-hydrogen) atoms. The number of aromatic nitrogens is 2. The molecule has 0 unspecified atom stereocenters. The molecule has 0 aliphatic carbocycles. The van der Waals surface area contributed by atoms with E-state index in [0.717, 1.165) is 9.69 Å². The lowest BCUT2D eigenvalue weighted by atomic mass is 10.1. The molecule has 0 saturated carbocycles. The number of hydrogen-bond donors (Lipinski definition) is 3. The second-order valence-corrected chi connectivity index (χ2v) is 6.31. The minimum absolute atomic E-state index is 0.0419. The number of nitrogens with zero attached hydrogens (tertiary/aromatic N) is 4. The molecule has 1 aromatic carbocycles. The molecule has 0 aliphatic heterocycles. The van der Waals surface area contributed by atoms with Gasteiger partial charge in [0.2, 0.25) is 5.96 Å². The molecule has 2 aromatic rings. The number of carbonyl (C=O) groups is 1. The van der Waals surface area contributed by atoms with Crippen LogP contribution in [0.5, 0.6) is 0 Å². The fraction of sp³-hybridized carbons (Fsp3) is 0.143. The molecule has 0 aliphatic rings. The molecular weight excluding hydrogens is 405 g/mol. The van der Waals surface area contributed by atoms with Crippen LogP contribution in [0.15, 0.2) is 28.1 Å². The van der Waals surface area contributed by atoms with Crippen molar-refractivity contribution >= 4 is 46.7 Å². The van der Waals surface area contributed by atoms with Gasteiger partial charge >= 0.3 is 0 Å². The highest BCUT2D eigenvalue weighted by molar-refractivity contribution is 6.42. The zero-order valence-electron chi connectivity index (χ0n) is 13.6. The topological polar surface area (TPSA) is 132 Å².